The zero-order valence-corrected chi connectivity index (χ0v) is 33.0. The molecule has 0 unspecified atom stereocenters. The highest BCUT2D eigenvalue weighted by molar-refractivity contribution is 7.96. The van der Waals surface area contributed by atoms with Crippen molar-refractivity contribution in [3.05, 3.63) is 182 Å². The van der Waals surface area contributed by atoms with Gasteiger partial charge < -0.3 is 48.0 Å². The molecule has 6 aromatic rings. The van der Waals surface area contributed by atoms with Gasteiger partial charge in [0.2, 0.25) is 0 Å². The molecule has 0 radical (unpaired) electrons. The molecule has 0 fully saturated rings. The Balaban J connectivity index is 0.00000250. The topological polar surface area (TPSA) is 0 Å². The highest BCUT2D eigenvalue weighted by Gasteiger charge is 2.45. The summed E-state index contributed by atoms with van der Waals surface area (Å²) in [5.41, 5.74) is 0. The molecule has 0 N–H and O–H groups in total. The van der Waals surface area contributed by atoms with E-state index >= 15 is 0 Å². The molecule has 240 valence electrons. The molecule has 0 aliphatic rings. The summed E-state index contributed by atoms with van der Waals surface area (Å²) < 4.78 is 0. The lowest BCUT2D eigenvalue weighted by molar-refractivity contribution is -0.00100. The first-order valence-electron chi connectivity index (χ1n) is 16.4. The Morgan fingerprint density at radius 2 is 0.404 bits per heavy atom. The van der Waals surface area contributed by atoms with E-state index in [1.54, 1.807) is 0 Å². The van der Waals surface area contributed by atoms with Crippen LogP contribution in [0.15, 0.2) is 182 Å². The summed E-state index contributed by atoms with van der Waals surface area (Å²) in [4.78, 5) is 0. The summed E-state index contributed by atoms with van der Waals surface area (Å²) in [7, 11) is -3.50. The highest BCUT2D eigenvalue weighted by atomic mass is 127. The summed E-state index contributed by atoms with van der Waals surface area (Å²) in [5.74, 6) is 0. The van der Waals surface area contributed by atoms with E-state index in [1.807, 2.05) is 0 Å². The number of rotatable bonds is 14. The molecule has 6 aromatic carbocycles. The summed E-state index contributed by atoms with van der Waals surface area (Å²) in [5, 5.41) is 8.95. The van der Waals surface area contributed by atoms with Crippen molar-refractivity contribution in [2.24, 2.45) is 0 Å². The molecule has 4 heteroatoms. The van der Waals surface area contributed by atoms with Crippen LogP contribution in [0.2, 0.25) is 0 Å². The normalized spacial score (nSPS) is 11.2. The van der Waals surface area contributed by atoms with Gasteiger partial charge in [-0.15, -0.1) is 0 Å². The fourth-order valence-corrected chi connectivity index (χ4v) is 15.8. The van der Waals surface area contributed by atoms with Crippen LogP contribution in [0.3, 0.4) is 0 Å². The van der Waals surface area contributed by atoms with E-state index < -0.39 is 14.5 Å². The first-order chi connectivity index (χ1) is 22.3. The quantitative estimate of drug-likeness (QED) is 0.0899. The van der Waals surface area contributed by atoms with E-state index in [0.29, 0.717) is 0 Å². The van der Waals surface area contributed by atoms with Crippen LogP contribution in [0.1, 0.15) is 32.1 Å². The molecular formula is C43H44I2P2. The number of hydrogen-bond donors (Lipinski definition) is 0. The smallest absolute Gasteiger partial charge is 0.112 e. The van der Waals surface area contributed by atoms with Crippen molar-refractivity contribution in [2.45, 2.75) is 32.1 Å². The minimum Gasteiger partial charge on any atom is -1.00 e. The van der Waals surface area contributed by atoms with Gasteiger partial charge in [-0.3, -0.25) is 0 Å². The largest absolute Gasteiger partial charge is 1.00 e. The molecule has 0 aliphatic heterocycles. The molecule has 47 heavy (non-hydrogen) atoms. The average molecular weight is 877 g/mol. The van der Waals surface area contributed by atoms with Crippen molar-refractivity contribution >= 4 is 46.4 Å². The second kappa shape index (κ2) is 19.0. The van der Waals surface area contributed by atoms with Gasteiger partial charge in [-0.1, -0.05) is 116 Å². The number of halogens is 2. The van der Waals surface area contributed by atoms with E-state index in [0.717, 1.165) is 0 Å². The van der Waals surface area contributed by atoms with Crippen molar-refractivity contribution in [2.75, 3.05) is 12.3 Å². The molecule has 6 rings (SSSR count). The van der Waals surface area contributed by atoms with E-state index in [-0.39, 0.29) is 48.0 Å². The predicted molar refractivity (Wildman–Crippen MR) is 203 cm³/mol. The Hall–Kier alpha value is -2.36. The first-order valence-corrected chi connectivity index (χ1v) is 20.4. The van der Waals surface area contributed by atoms with Gasteiger partial charge in [0.1, 0.15) is 46.4 Å². The lowest BCUT2D eigenvalue weighted by atomic mass is 10.2. The minimum atomic E-state index is -1.75. The van der Waals surface area contributed by atoms with Gasteiger partial charge in [0.05, 0.1) is 12.3 Å². The van der Waals surface area contributed by atoms with Gasteiger partial charge in [-0.2, -0.15) is 0 Å². The van der Waals surface area contributed by atoms with Crippen LogP contribution < -0.4 is 79.8 Å². The highest BCUT2D eigenvalue weighted by Crippen LogP contribution is 2.57. The minimum absolute atomic E-state index is 0. The lowest BCUT2D eigenvalue weighted by Gasteiger charge is -2.28. The standard InChI is InChI=1S/C43H44P2.2HI/c1(2-22-36-44(38-24-10-4-11-25-38,39-26-12-5-13-27-39)40-28-14-6-15-29-40)3-23-37-45(41-30-16-7-17-31-41,42-32-18-8-19-33-42)43-34-20-9-21-35-43;;/h4-21,24-35H,1-3,22-23,36-37H2;2*1H/q+2;;/p-2. The van der Waals surface area contributed by atoms with Gasteiger partial charge >= 0.3 is 0 Å². The molecular weight excluding hydrogens is 832 g/mol. The van der Waals surface area contributed by atoms with Crippen LogP contribution in [0.5, 0.6) is 0 Å². The summed E-state index contributed by atoms with van der Waals surface area (Å²) in [6.45, 7) is 0. The maximum absolute atomic E-state index is 2.37. The van der Waals surface area contributed by atoms with Gasteiger partial charge in [0.25, 0.3) is 0 Å². The predicted octanol–water partition coefficient (Wildman–Crippen LogP) is 2.93. The van der Waals surface area contributed by atoms with Crippen molar-refractivity contribution in [1.29, 1.82) is 0 Å². The zero-order chi connectivity index (χ0) is 30.6. The van der Waals surface area contributed by atoms with Crippen LogP contribution in [0.25, 0.3) is 0 Å². The SMILES string of the molecule is [I-].[I-].c1ccc([P+](CCCCCCC[P+](c2ccccc2)(c2ccccc2)c2ccccc2)(c2ccccc2)c2ccccc2)cc1. The maximum Gasteiger partial charge on any atom is 0.112 e. The molecule has 0 bridgehead atoms. The van der Waals surface area contributed by atoms with E-state index in [1.165, 1.54) is 76.3 Å². The first kappa shape index (κ1) is 37.5. The lowest BCUT2D eigenvalue weighted by Crippen LogP contribution is -3.00. The molecule has 0 amide bonds. The second-order valence-electron chi connectivity index (χ2n) is 11.8. The van der Waals surface area contributed by atoms with E-state index in [2.05, 4.69) is 182 Å². The molecule has 0 atom stereocenters. The Kier molecular flexibility index (Phi) is 15.1. The molecule has 0 saturated carbocycles. The molecule has 0 aromatic heterocycles. The fourth-order valence-electron chi connectivity index (χ4n) is 6.99. The van der Waals surface area contributed by atoms with E-state index in [4.69, 9.17) is 0 Å². The Labute approximate surface area is 318 Å². The van der Waals surface area contributed by atoms with Gasteiger partial charge in [-0.25, -0.2) is 0 Å². The molecule has 0 heterocycles. The number of unbranched alkanes of at least 4 members (excludes halogenated alkanes) is 4. The molecule has 0 aliphatic carbocycles. The second-order valence-corrected chi connectivity index (χ2v) is 19.1. The number of benzene rings is 6. The van der Waals surface area contributed by atoms with Crippen molar-refractivity contribution in [3.8, 4) is 0 Å². The fraction of sp³-hybridized carbons (Fsp3) is 0.163. The Bertz CT molecular complexity index is 1380. The number of hydrogen-bond acceptors (Lipinski definition) is 0. The zero-order valence-electron chi connectivity index (χ0n) is 26.9. The third-order valence-corrected chi connectivity index (χ3v) is 18.2. The van der Waals surface area contributed by atoms with Crippen LogP contribution in [-0.2, 0) is 0 Å². The van der Waals surface area contributed by atoms with E-state index in [9.17, 15) is 0 Å². The van der Waals surface area contributed by atoms with Gasteiger partial charge in [-0.05, 0) is 98.5 Å². The van der Waals surface area contributed by atoms with Gasteiger partial charge in [0, 0.05) is 0 Å². The van der Waals surface area contributed by atoms with Crippen LogP contribution >= 0.6 is 14.5 Å². The van der Waals surface area contributed by atoms with Crippen LogP contribution in [0, 0.1) is 0 Å². The maximum atomic E-state index is 2.37. The summed E-state index contributed by atoms with van der Waals surface area (Å²) in [6, 6.07) is 68.0. The average Bonchev–Trinajstić information content (AvgIpc) is 3.13. The van der Waals surface area contributed by atoms with Gasteiger partial charge in [0.15, 0.2) is 0 Å². The molecule has 0 saturated heterocycles. The summed E-state index contributed by atoms with van der Waals surface area (Å²) >= 11 is 0. The third-order valence-electron chi connectivity index (χ3n) is 9.17. The Morgan fingerprint density at radius 1 is 0.234 bits per heavy atom. The molecule has 0 nitrogen and oxygen atoms in total. The van der Waals surface area contributed by atoms with Crippen molar-refractivity contribution in [3.63, 3.8) is 0 Å². The summed E-state index contributed by atoms with van der Waals surface area (Å²) in [6.07, 6.45) is 8.70. The molecule has 0 spiro atoms. The third kappa shape index (κ3) is 8.63. The monoisotopic (exact) mass is 876 g/mol. The van der Waals surface area contributed by atoms with Crippen LogP contribution in [-0.4, -0.2) is 12.3 Å². The van der Waals surface area contributed by atoms with Crippen molar-refractivity contribution < 1.29 is 48.0 Å². The van der Waals surface area contributed by atoms with Crippen molar-refractivity contribution in [1.82, 2.24) is 0 Å². The van der Waals surface area contributed by atoms with Crippen LogP contribution in [0.4, 0.5) is 0 Å². The Morgan fingerprint density at radius 3 is 0.596 bits per heavy atom.